The third-order valence-corrected chi connectivity index (χ3v) is 4.43. The zero-order chi connectivity index (χ0) is 16.9. The first-order chi connectivity index (χ1) is 10.2. The van der Waals surface area contributed by atoms with Crippen LogP contribution in [0.4, 0.5) is 0 Å². The number of hydrogen-bond acceptors (Lipinski definition) is 2. The smallest absolute Gasteiger partial charge is 0.310 e. The van der Waals surface area contributed by atoms with Crippen LogP contribution in [0.5, 0.6) is 0 Å². The predicted molar refractivity (Wildman–Crippen MR) is 93.6 cm³/mol. The number of allylic oxidation sites excluding steroid dienone is 5. The Kier molecular flexibility index (Phi) is 6.65. The minimum absolute atomic E-state index is 0.0155. The van der Waals surface area contributed by atoms with Crippen molar-refractivity contribution in [3.05, 3.63) is 34.9 Å². The van der Waals surface area contributed by atoms with E-state index in [1.807, 2.05) is 6.08 Å². The second kappa shape index (κ2) is 7.80. The summed E-state index contributed by atoms with van der Waals surface area (Å²) in [6.07, 6.45) is 8.55. The van der Waals surface area contributed by atoms with Gasteiger partial charge in [0.15, 0.2) is 0 Å². The molecular weight excluding hydrogens is 272 g/mol. The van der Waals surface area contributed by atoms with E-state index in [0.29, 0.717) is 12.5 Å². The van der Waals surface area contributed by atoms with Crippen LogP contribution >= 0.6 is 0 Å². The van der Waals surface area contributed by atoms with E-state index < -0.39 is 0 Å². The summed E-state index contributed by atoms with van der Waals surface area (Å²) in [5, 5.41) is 0. The van der Waals surface area contributed by atoms with E-state index in [9.17, 15) is 4.79 Å². The third-order valence-electron chi connectivity index (χ3n) is 4.43. The van der Waals surface area contributed by atoms with Crippen molar-refractivity contribution in [1.82, 2.24) is 0 Å². The Morgan fingerprint density at radius 3 is 2.23 bits per heavy atom. The third kappa shape index (κ3) is 5.47. The molecule has 2 atom stereocenters. The van der Waals surface area contributed by atoms with E-state index in [4.69, 9.17) is 4.74 Å². The molecule has 1 fully saturated rings. The Labute approximate surface area is 136 Å². The van der Waals surface area contributed by atoms with Gasteiger partial charge in [0.25, 0.3) is 0 Å². The molecule has 0 bridgehead atoms. The van der Waals surface area contributed by atoms with Crippen LogP contribution in [0.2, 0.25) is 0 Å². The van der Waals surface area contributed by atoms with E-state index in [1.54, 1.807) is 0 Å². The van der Waals surface area contributed by atoms with Gasteiger partial charge in [-0.1, -0.05) is 42.7 Å². The quantitative estimate of drug-likeness (QED) is 0.461. The highest BCUT2D eigenvalue weighted by molar-refractivity contribution is 5.78. The molecule has 0 saturated heterocycles. The van der Waals surface area contributed by atoms with Gasteiger partial charge in [0.05, 0.1) is 5.92 Å². The lowest BCUT2D eigenvalue weighted by Crippen LogP contribution is -2.10. The van der Waals surface area contributed by atoms with E-state index in [1.165, 1.54) is 16.7 Å². The first-order valence-corrected chi connectivity index (χ1v) is 8.27. The van der Waals surface area contributed by atoms with Crippen molar-refractivity contribution in [3.8, 4) is 0 Å². The SMILES string of the molecule is CC(C)=CCCC(C)=CCOC(=O)C1C(C=C(C)C)C1(C)C. The first kappa shape index (κ1) is 18.7. The van der Waals surface area contributed by atoms with Gasteiger partial charge in [-0.25, -0.2) is 0 Å². The zero-order valence-electron chi connectivity index (χ0n) is 15.3. The van der Waals surface area contributed by atoms with Crippen molar-refractivity contribution < 1.29 is 9.53 Å². The maximum atomic E-state index is 12.2. The molecule has 22 heavy (non-hydrogen) atoms. The fourth-order valence-electron chi connectivity index (χ4n) is 2.84. The number of hydrogen-bond donors (Lipinski definition) is 0. The molecule has 0 spiro atoms. The average Bonchev–Trinajstić information content (AvgIpc) is 2.89. The molecule has 1 aliphatic carbocycles. The van der Waals surface area contributed by atoms with Crippen LogP contribution in [0.1, 0.15) is 61.3 Å². The summed E-state index contributed by atoms with van der Waals surface area (Å²) in [6, 6.07) is 0. The summed E-state index contributed by atoms with van der Waals surface area (Å²) >= 11 is 0. The molecule has 2 nitrogen and oxygen atoms in total. The second-order valence-corrected chi connectivity index (χ2v) is 7.57. The molecule has 0 aliphatic heterocycles. The maximum absolute atomic E-state index is 12.2. The van der Waals surface area contributed by atoms with Crippen LogP contribution < -0.4 is 0 Å². The van der Waals surface area contributed by atoms with Gasteiger partial charge in [-0.15, -0.1) is 0 Å². The number of ether oxygens (including phenoxy) is 1. The lowest BCUT2D eigenvalue weighted by molar-refractivity contribution is -0.144. The monoisotopic (exact) mass is 304 g/mol. The largest absolute Gasteiger partial charge is 0.461 e. The molecule has 0 N–H and O–H groups in total. The van der Waals surface area contributed by atoms with Gasteiger partial charge in [-0.05, 0) is 64.9 Å². The molecule has 0 heterocycles. The number of carbonyl (C=O) groups excluding carboxylic acids is 1. The Bertz CT molecular complexity index is 484. The molecule has 1 rings (SSSR count). The van der Waals surface area contributed by atoms with Crippen LogP contribution in [-0.2, 0) is 9.53 Å². The topological polar surface area (TPSA) is 26.3 Å². The van der Waals surface area contributed by atoms with Crippen molar-refractivity contribution in [1.29, 1.82) is 0 Å². The number of rotatable bonds is 7. The lowest BCUT2D eigenvalue weighted by atomic mass is 10.1. The van der Waals surface area contributed by atoms with Gasteiger partial charge < -0.3 is 4.74 Å². The van der Waals surface area contributed by atoms with Crippen molar-refractivity contribution in [3.63, 3.8) is 0 Å². The normalized spacial score (nSPS) is 22.8. The standard InChI is InChI=1S/C20H32O2/c1-14(2)9-8-10-16(5)11-12-22-19(21)18-17(13-15(3)4)20(18,6)7/h9,11,13,17-18H,8,10,12H2,1-7H3. The molecule has 1 saturated carbocycles. The summed E-state index contributed by atoms with van der Waals surface area (Å²) in [5.41, 5.74) is 3.93. The number of carbonyl (C=O) groups is 1. The summed E-state index contributed by atoms with van der Waals surface area (Å²) < 4.78 is 5.45. The predicted octanol–water partition coefficient (Wildman–Crippen LogP) is 5.46. The second-order valence-electron chi connectivity index (χ2n) is 7.57. The van der Waals surface area contributed by atoms with Gasteiger partial charge >= 0.3 is 5.97 Å². The summed E-state index contributed by atoms with van der Waals surface area (Å²) in [4.78, 5) is 12.2. The molecule has 2 unspecified atom stereocenters. The fourth-order valence-corrected chi connectivity index (χ4v) is 2.84. The highest BCUT2D eigenvalue weighted by Gasteiger charge is 2.61. The van der Waals surface area contributed by atoms with Crippen LogP contribution in [-0.4, -0.2) is 12.6 Å². The van der Waals surface area contributed by atoms with Crippen molar-refractivity contribution in [2.75, 3.05) is 6.61 Å². The van der Waals surface area contributed by atoms with E-state index >= 15 is 0 Å². The molecule has 0 amide bonds. The molecule has 0 aromatic rings. The van der Waals surface area contributed by atoms with Crippen molar-refractivity contribution >= 4 is 5.97 Å². The van der Waals surface area contributed by atoms with E-state index in [2.05, 4.69) is 60.6 Å². The van der Waals surface area contributed by atoms with E-state index in [0.717, 1.165) is 12.8 Å². The Balaban J connectivity index is 2.41. The van der Waals surface area contributed by atoms with Gasteiger partial charge in [0.1, 0.15) is 6.61 Å². The summed E-state index contributed by atoms with van der Waals surface area (Å²) in [5.74, 6) is 0.287. The highest BCUT2D eigenvalue weighted by Crippen LogP contribution is 2.59. The Morgan fingerprint density at radius 2 is 1.68 bits per heavy atom. The number of esters is 1. The maximum Gasteiger partial charge on any atom is 0.310 e. The molecule has 0 aromatic heterocycles. The Hall–Kier alpha value is -1.31. The van der Waals surface area contributed by atoms with Gasteiger partial charge in [-0.3, -0.25) is 4.79 Å². The van der Waals surface area contributed by atoms with Gasteiger partial charge in [-0.2, -0.15) is 0 Å². The van der Waals surface area contributed by atoms with Crippen LogP contribution in [0.3, 0.4) is 0 Å². The highest BCUT2D eigenvalue weighted by atomic mass is 16.5. The molecule has 0 radical (unpaired) electrons. The zero-order valence-corrected chi connectivity index (χ0v) is 15.3. The van der Waals surface area contributed by atoms with E-state index in [-0.39, 0.29) is 17.3 Å². The van der Waals surface area contributed by atoms with Gasteiger partial charge in [0, 0.05) is 0 Å². The van der Waals surface area contributed by atoms with Crippen molar-refractivity contribution in [2.45, 2.75) is 61.3 Å². The first-order valence-electron chi connectivity index (χ1n) is 8.27. The fraction of sp³-hybridized carbons (Fsp3) is 0.650. The van der Waals surface area contributed by atoms with Gasteiger partial charge in [0.2, 0.25) is 0 Å². The summed E-state index contributed by atoms with van der Waals surface area (Å²) in [7, 11) is 0. The minimum Gasteiger partial charge on any atom is -0.461 e. The molecule has 0 aromatic carbocycles. The molecule has 1 aliphatic rings. The Morgan fingerprint density at radius 1 is 1.05 bits per heavy atom. The minimum atomic E-state index is -0.0548. The lowest BCUT2D eigenvalue weighted by Gasteiger charge is -2.04. The summed E-state index contributed by atoms with van der Waals surface area (Å²) in [6.45, 7) is 15.2. The van der Waals surface area contributed by atoms with Crippen LogP contribution in [0, 0.1) is 17.3 Å². The average molecular weight is 304 g/mol. The van der Waals surface area contributed by atoms with Crippen LogP contribution in [0.15, 0.2) is 34.9 Å². The molecule has 2 heteroatoms. The van der Waals surface area contributed by atoms with Crippen molar-refractivity contribution in [2.24, 2.45) is 17.3 Å². The molecular formula is C20H32O2. The van der Waals surface area contributed by atoms with Crippen LogP contribution in [0.25, 0.3) is 0 Å². The molecule has 124 valence electrons.